The Balaban J connectivity index is 2.03. The fourth-order valence-electron chi connectivity index (χ4n) is 4.42. The summed E-state index contributed by atoms with van der Waals surface area (Å²) in [6.45, 7) is 0. The number of carbonyl (C=O) groups excluding carboxylic acids is 1. The number of amides is 1. The van der Waals surface area contributed by atoms with Crippen molar-refractivity contribution in [2.24, 2.45) is 11.1 Å². The average molecular weight is 409 g/mol. The number of halogens is 2. The first-order chi connectivity index (χ1) is 13.4. The molecule has 1 saturated heterocycles. The topological polar surface area (TPSA) is 93.9 Å². The molecule has 0 aromatic heterocycles. The molecule has 3 atom stereocenters. The third-order valence-electron chi connectivity index (χ3n) is 5.53. The van der Waals surface area contributed by atoms with Crippen molar-refractivity contribution in [3.8, 4) is 12.1 Å². The number of hydrogen-bond donors (Lipinski definition) is 1. The van der Waals surface area contributed by atoms with Crippen molar-refractivity contribution in [3.05, 3.63) is 75.4 Å². The van der Waals surface area contributed by atoms with Crippen LogP contribution in [-0.2, 0) is 4.79 Å². The number of fused-ring (bicyclic) bond motifs is 3. The van der Waals surface area contributed by atoms with Crippen molar-refractivity contribution in [1.82, 2.24) is 4.90 Å². The predicted octanol–water partition coefficient (Wildman–Crippen LogP) is 4.01. The van der Waals surface area contributed by atoms with E-state index in [4.69, 9.17) is 28.9 Å². The zero-order valence-electron chi connectivity index (χ0n) is 14.5. The summed E-state index contributed by atoms with van der Waals surface area (Å²) in [4.78, 5) is 14.2. The van der Waals surface area contributed by atoms with E-state index in [1.165, 1.54) is 6.07 Å². The number of nitriles is 2. The Kier molecular flexibility index (Phi) is 4.31. The van der Waals surface area contributed by atoms with E-state index >= 15 is 0 Å². The maximum atomic E-state index is 12.5. The Bertz CT molecular complexity index is 1080. The van der Waals surface area contributed by atoms with Gasteiger partial charge in [-0.15, -0.1) is 0 Å². The van der Waals surface area contributed by atoms with Crippen LogP contribution in [0.1, 0.15) is 28.7 Å². The summed E-state index contributed by atoms with van der Waals surface area (Å²) in [6.07, 6.45) is 3.59. The molecule has 0 aliphatic carbocycles. The minimum Gasteiger partial charge on any atom is -0.368 e. The minimum absolute atomic E-state index is 0.288. The van der Waals surface area contributed by atoms with E-state index in [0.717, 1.165) is 11.1 Å². The van der Waals surface area contributed by atoms with Crippen LogP contribution in [0.2, 0.25) is 10.0 Å². The van der Waals surface area contributed by atoms with E-state index in [1.807, 2.05) is 30.3 Å². The van der Waals surface area contributed by atoms with Crippen LogP contribution in [0.3, 0.4) is 0 Å². The maximum absolute atomic E-state index is 12.5. The predicted molar refractivity (Wildman–Crippen MR) is 106 cm³/mol. The number of carbonyl (C=O) groups is 1. The smallest absolute Gasteiger partial charge is 0.240 e. The third kappa shape index (κ3) is 2.41. The summed E-state index contributed by atoms with van der Waals surface area (Å²) in [6, 6.07) is 15.2. The van der Waals surface area contributed by atoms with Gasteiger partial charge in [0.1, 0.15) is 6.04 Å². The Labute approximate surface area is 172 Å². The molecule has 2 aromatic carbocycles. The highest BCUT2D eigenvalue weighted by Crippen LogP contribution is 2.60. The van der Waals surface area contributed by atoms with Crippen molar-refractivity contribution < 1.29 is 4.79 Å². The first-order valence-electron chi connectivity index (χ1n) is 8.56. The molecule has 0 bridgehead atoms. The molecule has 1 fully saturated rings. The van der Waals surface area contributed by atoms with Gasteiger partial charge in [-0.3, -0.25) is 4.79 Å². The number of rotatable bonds is 2. The molecule has 2 aromatic rings. The molecule has 2 aliphatic rings. The molecule has 1 amide bonds. The quantitative estimate of drug-likeness (QED) is 0.811. The molecule has 138 valence electrons. The number of nitrogens with zero attached hydrogens (tertiary/aromatic N) is 3. The molecule has 2 heterocycles. The van der Waals surface area contributed by atoms with Gasteiger partial charge in [-0.1, -0.05) is 53.5 Å². The molecule has 28 heavy (non-hydrogen) atoms. The highest BCUT2D eigenvalue weighted by atomic mass is 35.5. The van der Waals surface area contributed by atoms with Gasteiger partial charge in [-0.2, -0.15) is 10.5 Å². The fraction of sp³-hybridized carbons (Fsp3) is 0.190. The highest BCUT2D eigenvalue weighted by Gasteiger charge is 2.63. The summed E-state index contributed by atoms with van der Waals surface area (Å²) in [7, 11) is 0. The zero-order chi connectivity index (χ0) is 20.1. The van der Waals surface area contributed by atoms with E-state index in [1.54, 1.807) is 23.2 Å². The van der Waals surface area contributed by atoms with Gasteiger partial charge in [0.2, 0.25) is 5.91 Å². The van der Waals surface area contributed by atoms with Crippen LogP contribution in [0, 0.1) is 28.1 Å². The lowest BCUT2D eigenvalue weighted by molar-refractivity contribution is -0.122. The molecule has 5 nitrogen and oxygen atoms in total. The highest BCUT2D eigenvalue weighted by molar-refractivity contribution is 6.35. The number of nitrogens with two attached hydrogens (primary N) is 1. The SMILES string of the molecule is N#CC1(C#N)C2c3ccccc3C=CN2[C@H](C(N)=O)[C@H]1c1ccc(Cl)cc1Cl. The van der Waals surface area contributed by atoms with Gasteiger partial charge in [0.05, 0.1) is 18.2 Å². The summed E-state index contributed by atoms with van der Waals surface area (Å²) in [5.41, 5.74) is 6.38. The second-order valence-electron chi connectivity index (χ2n) is 6.88. The van der Waals surface area contributed by atoms with Crippen LogP contribution < -0.4 is 5.73 Å². The largest absolute Gasteiger partial charge is 0.368 e. The third-order valence-corrected chi connectivity index (χ3v) is 6.10. The van der Waals surface area contributed by atoms with Gasteiger partial charge >= 0.3 is 0 Å². The Morgan fingerprint density at radius 3 is 2.46 bits per heavy atom. The lowest BCUT2D eigenvalue weighted by Crippen LogP contribution is -2.41. The van der Waals surface area contributed by atoms with Crippen LogP contribution in [0.4, 0.5) is 0 Å². The van der Waals surface area contributed by atoms with E-state index in [0.29, 0.717) is 10.6 Å². The van der Waals surface area contributed by atoms with E-state index in [-0.39, 0.29) is 5.02 Å². The molecule has 2 aliphatic heterocycles. The van der Waals surface area contributed by atoms with Crippen molar-refractivity contribution >= 4 is 35.2 Å². The molecular formula is C21H14Cl2N4O. The normalized spacial score (nSPS) is 24.0. The van der Waals surface area contributed by atoms with Gasteiger partial charge in [0.25, 0.3) is 0 Å². The van der Waals surface area contributed by atoms with Gasteiger partial charge in [-0.05, 0) is 34.9 Å². The summed E-state index contributed by atoms with van der Waals surface area (Å²) in [5.74, 6) is -1.47. The van der Waals surface area contributed by atoms with Crippen molar-refractivity contribution in [1.29, 1.82) is 10.5 Å². The molecule has 0 spiro atoms. The Morgan fingerprint density at radius 2 is 1.82 bits per heavy atom. The van der Waals surface area contributed by atoms with Crippen LogP contribution in [-0.4, -0.2) is 16.8 Å². The van der Waals surface area contributed by atoms with Crippen LogP contribution in [0.25, 0.3) is 6.08 Å². The van der Waals surface area contributed by atoms with Crippen molar-refractivity contribution in [2.75, 3.05) is 0 Å². The van der Waals surface area contributed by atoms with Crippen molar-refractivity contribution in [2.45, 2.75) is 18.0 Å². The lowest BCUT2D eigenvalue weighted by atomic mass is 9.68. The number of benzene rings is 2. The van der Waals surface area contributed by atoms with Gasteiger partial charge < -0.3 is 10.6 Å². The van der Waals surface area contributed by atoms with E-state index in [2.05, 4.69) is 12.1 Å². The van der Waals surface area contributed by atoms with Gasteiger partial charge in [0, 0.05) is 22.2 Å². The number of hydrogen-bond acceptors (Lipinski definition) is 4. The maximum Gasteiger partial charge on any atom is 0.240 e. The average Bonchev–Trinajstić information content (AvgIpc) is 2.99. The summed E-state index contributed by atoms with van der Waals surface area (Å²) in [5, 5.41) is 21.1. The molecule has 0 saturated carbocycles. The first kappa shape index (κ1) is 18.4. The second kappa shape index (κ2) is 6.56. The molecule has 7 heteroatoms. The van der Waals surface area contributed by atoms with Gasteiger partial charge in [0.15, 0.2) is 5.41 Å². The van der Waals surface area contributed by atoms with E-state index < -0.39 is 29.3 Å². The van der Waals surface area contributed by atoms with Crippen LogP contribution in [0.15, 0.2) is 48.7 Å². The number of primary amides is 1. The zero-order valence-corrected chi connectivity index (χ0v) is 16.0. The molecule has 1 unspecified atom stereocenters. The lowest BCUT2D eigenvalue weighted by Gasteiger charge is -2.34. The fourth-order valence-corrected chi connectivity index (χ4v) is 4.94. The Hall–Kier alpha value is -2.99. The standard InChI is InChI=1S/C21H14Cl2N4O/c22-13-5-6-15(16(23)9-13)17-18(20(26)28)27-8-7-12-3-1-2-4-14(12)19(27)21(17,10-24)11-25/h1-9,17-19H,(H2,26,28)/t17-,18+,19?/m1/s1. The van der Waals surface area contributed by atoms with Gasteiger partial charge in [-0.25, -0.2) is 0 Å². The van der Waals surface area contributed by atoms with Crippen LogP contribution in [0.5, 0.6) is 0 Å². The second-order valence-corrected chi connectivity index (χ2v) is 7.72. The Morgan fingerprint density at radius 1 is 1.11 bits per heavy atom. The molecule has 4 rings (SSSR count). The van der Waals surface area contributed by atoms with E-state index in [9.17, 15) is 15.3 Å². The molecular weight excluding hydrogens is 395 g/mol. The first-order valence-corrected chi connectivity index (χ1v) is 9.31. The van der Waals surface area contributed by atoms with Crippen LogP contribution >= 0.6 is 23.2 Å². The summed E-state index contributed by atoms with van der Waals surface area (Å²) >= 11 is 12.4. The molecule has 0 radical (unpaired) electrons. The minimum atomic E-state index is -1.57. The monoisotopic (exact) mass is 408 g/mol. The summed E-state index contributed by atoms with van der Waals surface area (Å²) < 4.78 is 0. The van der Waals surface area contributed by atoms with Crippen molar-refractivity contribution in [3.63, 3.8) is 0 Å². The molecule has 2 N–H and O–H groups in total.